The summed E-state index contributed by atoms with van der Waals surface area (Å²) in [6.07, 6.45) is 83.0. The molecule has 17 nitrogen and oxygen atoms in total. The van der Waals surface area contributed by atoms with Crippen LogP contribution in [0.25, 0.3) is 0 Å². The third-order valence-corrected chi connectivity index (χ3v) is 18.0. The van der Waals surface area contributed by atoms with Crippen molar-refractivity contribution in [3.05, 3.63) is 134 Å². The molecule has 19 heteroatoms. The van der Waals surface area contributed by atoms with Crippen LogP contribution in [-0.2, 0) is 65.4 Å². The molecule has 0 saturated carbocycles. The fraction of sp³-hybridized carbons (Fsp3) is 0.687. The predicted molar refractivity (Wildman–Crippen MR) is 418 cm³/mol. The molecule has 3 N–H and O–H groups in total. The smallest absolute Gasteiger partial charge is 0.462 e. The molecule has 0 saturated heterocycles. The lowest BCUT2D eigenvalue weighted by Gasteiger charge is -2.21. The van der Waals surface area contributed by atoms with Crippen LogP contribution >= 0.6 is 15.6 Å². The highest BCUT2D eigenvalue weighted by molar-refractivity contribution is 7.47. The number of hydrogen-bond donors (Lipinski definition) is 3. The standard InChI is InChI=1S/C83H140O17P2/c1-5-9-13-17-21-25-29-32-35-37-38-40-43-45-49-52-56-60-64-68-80(85)93-73-78(99-82(87)69-65-61-57-53-47-28-24-20-16-12-8-4)75-97-101(89,90)95-71-77(84)72-96-102(91,92)98-76-79(100-83(88)70-66-62-58-54-50-46-41-34-31-27-23-19-15-11-7-3)74-94-81(86)67-63-59-55-51-48-44-42-39-36-33-30-26-22-18-14-10-6-2/h10,14,20-27,32-36,38,40-42,44,51,55,77-79,84H,5-9,11-13,15-19,28-31,37,39,43,45-50,52-54,56-76H2,1-4H3,(H,89,90)(H,91,92)/b14-10-,24-20-,25-21-,26-22-,27-23-,35-32-,36-33-,40-38-,41-34-,44-42-,55-51-. The number of unbranched alkanes of at least 4 members (excludes halogenated alkanes) is 25. The monoisotopic (exact) mass is 1470 g/mol. The van der Waals surface area contributed by atoms with Gasteiger partial charge in [-0.3, -0.25) is 37.3 Å². The number of aliphatic hydroxyl groups is 1. The minimum Gasteiger partial charge on any atom is -0.462 e. The van der Waals surface area contributed by atoms with Gasteiger partial charge in [0, 0.05) is 25.7 Å². The van der Waals surface area contributed by atoms with Gasteiger partial charge in [-0.05, 0) is 154 Å². The van der Waals surface area contributed by atoms with Crippen LogP contribution in [0.1, 0.15) is 310 Å². The Labute approximate surface area is 618 Å². The van der Waals surface area contributed by atoms with E-state index in [-0.39, 0.29) is 25.7 Å². The largest absolute Gasteiger partial charge is 0.472 e. The molecule has 0 spiro atoms. The van der Waals surface area contributed by atoms with Crippen LogP contribution in [0.4, 0.5) is 0 Å². The summed E-state index contributed by atoms with van der Waals surface area (Å²) < 4.78 is 68.4. The van der Waals surface area contributed by atoms with Crippen molar-refractivity contribution in [1.82, 2.24) is 0 Å². The molecule has 102 heavy (non-hydrogen) atoms. The molecule has 0 heterocycles. The minimum atomic E-state index is -5.00. The van der Waals surface area contributed by atoms with Crippen LogP contribution in [0.15, 0.2) is 134 Å². The van der Waals surface area contributed by atoms with Gasteiger partial charge in [-0.25, -0.2) is 9.13 Å². The van der Waals surface area contributed by atoms with Gasteiger partial charge in [0.1, 0.15) is 19.3 Å². The van der Waals surface area contributed by atoms with E-state index in [9.17, 15) is 43.2 Å². The fourth-order valence-corrected chi connectivity index (χ4v) is 11.6. The maximum absolute atomic E-state index is 13.1. The van der Waals surface area contributed by atoms with Crippen LogP contribution in [0.3, 0.4) is 0 Å². The molecule has 584 valence electrons. The second-order valence-electron chi connectivity index (χ2n) is 25.9. The molecule has 0 radical (unpaired) electrons. The van der Waals surface area contributed by atoms with E-state index in [4.69, 9.17) is 37.0 Å². The van der Waals surface area contributed by atoms with E-state index in [0.717, 1.165) is 173 Å². The Hall–Kier alpha value is -4.80. The lowest BCUT2D eigenvalue weighted by molar-refractivity contribution is -0.161. The van der Waals surface area contributed by atoms with Crippen LogP contribution in [0.5, 0.6) is 0 Å². The molecule has 0 aromatic carbocycles. The summed E-state index contributed by atoms with van der Waals surface area (Å²) in [7, 11) is -9.98. The van der Waals surface area contributed by atoms with Crippen molar-refractivity contribution in [1.29, 1.82) is 0 Å². The molecule has 0 rings (SSSR count). The predicted octanol–water partition coefficient (Wildman–Crippen LogP) is 22.9. The van der Waals surface area contributed by atoms with Gasteiger partial charge < -0.3 is 33.8 Å². The Kier molecular flexibility index (Phi) is 71.0. The third-order valence-electron chi connectivity index (χ3n) is 16.1. The first kappa shape index (κ1) is 97.2. The number of aliphatic hydroxyl groups excluding tert-OH is 1. The second-order valence-corrected chi connectivity index (χ2v) is 28.8. The van der Waals surface area contributed by atoms with Crippen LogP contribution < -0.4 is 0 Å². The van der Waals surface area contributed by atoms with Gasteiger partial charge in [-0.2, -0.15) is 0 Å². The first-order valence-corrected chi connectivity index (χ1v) is 42.4. The lowest BCUT2D eigenvalue weighted by atomic mass is 10.1. The summed E-state index contributed by atoms with van der Waals surface area (Å²) >= 11 is 0. The van der Waals surface area contributed by atoms with Crippen molar-refractivity contribution in [2.45, 2.75) is 329 Å². The average Bonchev–Trinajstić information content (AvgIpc) is 0.944. The fourth-order valence-electron chi connectivity index (χ4n) is 10.0. The van der Waals surface area contributed by atoms with Gasteiger partial charge in [0.05, 0.1) is 26.4 Å². The molecular formula is C83H140O17P2. The van der Waals surface area contributed by atoms with Crippen LogP contribution in [0.2, 0.25) is 0 Å². The number of esters is 4. The Morgan fingerprint density at radius 1 is 0.284 bits per heavy atom. The van der Waals surface area contributed by atoms with Crippen LogP contribution in [-0.4, -0.2) is 96.7 Å². The molecule has 0 aliphatic rings. The number of carbonyl (C=O) groups excluding carboxylic acids is 4. The summed E-state index contributed by atoms with van der Waals surface area (Å²) in [6, 6.07) is 0. The Morgan fingerprint density at radius 3 is 0.863 bits per heavy atom. The van der Waals surface area contributed by atoms with Gasteiger partial charge in [-0.1, -0.05) is 264 Å². The number of ether oxygens (including phenoxy) is 4. The number of phosphoric acid groups is 2. The number of allylic oxidation sites excluding steroid dienone is 22. The Balaban J connectivity index is 5.39. The molecule has 0 amide bonds. The maximum atomic E-state index is 13.1. The Bertz CT molecular complexity index is 2460. The minimum absolute atomic E-state index is 0.0635. The molecule has 5 unspecified atom stereocenters. The third kappa shape index (κ3) is 73.5. The van der Waals surface area contributed by atoms with Crippen molar-refractivity contribution in [3.63, 3.8) is 0 Å². The highest BCUT2D eigenvalue weighted by Gasteiger charge is 2.30. The highest BCUT2D eigenvalue weighted by Crippen LogP contribution is 2.45. The van der Waals surface area contributed by atoms with Crippen molar-refractivity contribution >= 4 is 39.5 Å². The van der Waals surface area contributed by atoms with Gasteiger partial charge in [-0.15, -0.1) is 0 Å². The summed E-state index contributed by atoms with van der Waals surface area (Å²) in [5.74, 6) is -2.28. The number of rotatable bonds is 73. The second kappa shape index (κ2) is 74.5. The van der Waals surface area contributed by atoms with E-state index in [1.54, 1.807) is 0 Å². The van der Waals surface area contributed by atoms with E-state index in [0.29, 0.717) is 32.1 Å². The normalized spacial score (nSPS) is 14.6. The van der Waals surface area contributed by atoms with Crippen molar-refractivity contribution in [3.8, 4) is 0 Å². The molecule has 0 bridgehead atoms. The topological polar surface area (TPSA) is 237 Å². The van der Waals surface area contributed by atoms with Gasteiger partial charge in [0.15, 0.2) is 12.2 Å². The van der Waals surface area contributed by atoms with E-state index in [1.165, 1.54) is 51.4 Å². The van der Waals surface area contributed by atoms with E-state index >= 15 is 0 Å². The molecular weight excluding hydrogens is 1330 g/mol. The highest BCUT2D eigenvalue weighted by atomic mass is 31.2. The number of carbonyl (C=O) groups is 4. The first-order chi connectivity index (χ1) is 49.7. The van der Waals surface area contributed by atoms with Gasteiger partial charge >= 0.3 is 39.5 Å². The number of phosphoric ester groups is 2. The van der Waals surface area contributed by atoms with E-state index < -0.39 is 97.5 Å². The molecule has 0 aliphatic carbocycles. The molecule has 5 atom stereocenters. The quantitative estimate of drug-likeness (QED) is 0.0169. The van der Waals surface area contributed by atoms with Crippen molar-refractivity contribution < 1.29 is 80.2 Å². The molecule has 0 aliphatic heterocycles. The molecule has 0 aromatic heterocycles. The summed E-state index contributed by atoms with van der Waals surface area (Å²) in [6.45, 7) is 4.56. The van der Waals surface area contributed by atoms with E-state index in [2.05, 4.69) is 149 Å². The molecule has 0 fully saturated rings. The maximum Gasteiger partial charge on any atom is 0.472 e. The number of hydrogen-bond acceptors (Lipinski definition) is 15. The lowest BCUT2D eigenvalue weighted by Crippen LogP contribution is -2.30. The summed E-state index contributed by atoms with van der Waals surface area (Å²) in [5.41, 5.74) is 0. The first-order valence-electron chi connectivity index (χ1n) is 39.4. The van der Waals surface area contributed by atoms with Gasteiger partial charge in [0.2, 0.25) is 0 Å². The molecule has 0 aromatic rings. The van der Waals surface area contributed by atoms with E-state index in [1.807, 2.05) is 12.2 Å². The van der Waals surface area contributed by atoms with Crippen LogP contribution in [0, 0.1) is 0 Å². The zero-order valence-electron chi connectivity index (χ0n) is 63.7. The summed E-state index contributed by atoms with van der Waals surface area (Å²) in [4.78, 5) is 72.9. The zero-order valence-corrected chi connectivity index (χ0v) is 65.5. The van der Waals surface area contributed by atoms with Gasteiger partial charge in [0.25, 0.3) is 0 Å². The van der Waals surface area contributed by atoms with Crippen molar-refractivity contribution in [2.75, 3.05) is 39.6 Å². The summed E-state index contributed by atoms with van der Waals surface area (Å²) in [5, 5.41) is 10.6. The van der Waals surface area contributed by atoms with Crippen molar-refractivity contribution in [2.24, 2.45) is 0 Å². The average molecular weight is 1470 g/mol. The Morgan fingerprint density at radius 2 is 0.529 bits per heavy atom. The SMILES string of the molecule is CC/C=C\C/C=C\C/C=C\C/C=C\C/C=C\CCCC(=O)OCC(COP(=O)(O)OCC(O)COP(=O)(O)OCC(COC(=O)CCCCCCCC/C=C\C/C=C\C/C=C\CCCCC)OC(=O)CCCCCCC/C=C\CCCC)OC(=O)CCCCCCC/C=C\C/C=C\CCCCC. The zero-order chi connectivity index (χ0) is 74.6.